The standard InChI is InChI=1S/C17H24N2O2/c1-2-15(19-11-14-4-3-9-21-14)17(20)13-5-6-16-12(10-13)7-8-18-16/h5-6,10,14-15,18-19H,2-4,7-9,11H2,1H3. The zero-order chi connectivity index (χ0) is 14.7. The molecule has 1 saturated heterocycles. The third kappa shape index (κ3) is 3.27. The Labute approximate surface area is 126 Å². The van der Waals surface area contributed by atoms with Crippen LogP contribution in [0.5, 0.6) is 0 Å². The summed E-state index contributed by atoms with van der Waals surface area (Å²) in [6.07, 6.45) is 4.32. The summed E-state index contributed by atoms with van der Waals surface area (Å²) in [5, 5.41) is 6.72. The Balaban J connectivity index is 1.63. The summed E-state index contributed by atoms with van der Waals surface area (Å²) in [6.45, 7) is 4.66. The normalized spacial score (nSPS) is 21.9. The van der Waals surface area contributed by atoms with Crippen molar-refractivity contribution in [3.05, 3.63) is 29.3 Å². The first-order valence-electron chi connectivity index (χ1n) is 8.04. The van der Waals surface area contributed by atoms with Gasteiger partial charge >= 0.3 is 0 Å². The zero-order valence-corrected chi connectivity index (χ0v) is 12.7. The van der Waals surface area contributed by atoms with Gasteiger partial charge in [-0.05, 0) is 49.4 Å². The van der Waals surface area contributed by atoms with E-state index in [2.05, 4.69) is 17.6 Å². The number of Topliss-reactive ketones (excluding diaryl/α,β-unsaturated/α-hetero) is 1. The smallest absolute Gasteiger partial charge is 0.179 e. The van der Waals surface area contributed by atoms with Crippen molar-refractivity contribution < 1.29 is 9.53 Å². The first-order chi connectivity index (χ1) is 10.3. The lowest BCUT2D eigenvalue weighted by molar-refractivity contribution is 0.0889. The van der Waals surface area contributed by atoms with Crippen molar-refractivity contribution in [1.82, 2.24) is 5.32 Å². The number of ether oxygens (including phenoxy) is 1. The van der Waals surface area contributed by atoms with Gasteiger partial charge in [0.25, 0.3) is 0 Å². The number of hydrogen-bond acceptors (Lipinski definition) is 4. The second-order valence-corrected chi connectivity index (χ2v) is 5.92. The first-order valence-corrected chi connectivity index (χ1v) is 8.04. The van der Waals surface area contributed by atoms with Gasteiger partial charge in [-0.25, -0.2) is 0 Å². The molecule has 0 aliphatic carbocycles. The number of hydrogen-bond donors (Lipinski definition) is 2. The van der Waals surface area contributed by atoms with Crippen molar-refractivity contribution in [2.75, 3.05) is 25.0 Å². The predicted octanol–water partition coefficient (Wildman–Crippen LogP) is 2.38. The third-order valence-electron chi connectivity index (χ3n) is 4.44. The fraction of sp³-hybridized carbons (Fsp3) is 0.588. The molecule has 2 unspecified atom stereocenters. The molecule has 0 saturated carbocycles. The summed E-state index contributed by atoms with van der Waals surface area (Å²) in [7, 11) is 0. The Kier molecular flexibility index (Phi) is 4.56. The van der Waals surface area contributed by atoms with Gasteiger partial charge in [0.1, 0.15) is 0 Å². The predicted molar refractivity (Wildman–Crippen MR) is 84.0 cm³/mol. The number of nitrogens with one attached hydrogen (secondary N) is 2. The molecule has 0 bridgehead atoms. The van der Waals surface area contributed by atoms with Gasteiger partial charge in [0.15, 0.2) is 5.78 Å². The summed E-state index contributed by atoms with van der Waals surface area (Å²) in [5.41, 5.74) is 3.26. The van der Waals surface area contributed by atoms with E-state index in [1.165, 1.54) is 11.3 Å². The van der Waals surface area contributed by atoms with Crippen LogP contribution in [0.3, 0.4) is 0 Å². The van der Waals surface area contributed by atoms with Crippen LogP contribution < -0.4 is 10.6 Å². The van der Waals surface area contributed by atoms with E-state index in [0.717, 1.165) is 50.9 Å². The topological polar surface area (TPSA) is 50.4 Å². The number of anilines is 1. The molecule has 0 radical (unpaired) electrons. The minimum atomic E-state index is -0.110. The van der Waals surface area contributed by atoms with E-state index >= 15 is 0 Å². The maximum atomic E-state index is 12.7. The van der Waals surface area contributed by atoms with E-state index in [0.29, 0.717) is 0 Å². The average molecular weight is 288 g/mol. The lowest BCUT2D eigenvalue weighted by atomic mass is 9.99. The van der Waals surface area contributed by atoms with Gasteiger partial charge in [-0.15, -0.1) is 0 Å². The molecule has 2 aliphatic heterocycles. The van der Waals surface area contributed by atoms with Crippen molar-refractivity contribution in [3.63, 3.8) is 0 Å². The highest BCUT2D eigenvalue weighted by atomic mass is 16.5. The number of carbonyl (C=O) groups is 1. The average Bonchev–Trinajstić information content (AvgIpc) is 3.18. The van der Waals surface area contributed by atoms with E-state index in [4.69, 9.17) is 4.74 Å². The van der Waals surface area contributed by atoms with Crippen molar-refractivity contribution in [1.29, 1.82) is 0 Å². The van der Waals surface area contributed by atoms with Gasteiger partial charge in [-0.3, -0.25) is 4.79 Å². The molecule has 4 nitrogen and oxygen atoms in total. The maximum absolute atomic E-state index is 12.7. The van der Waals surface area contributed by atoms with Crippen LogP contribution in [-0.4, -0.2) is 37.6 Å². The van der Waals surface area contributed by atoms with Crippen molar-refractivity contribution in [3.8, 4) is 0 Å². The minimum Gasteiger partial charge on any atom is -0.384 e. The van der Waals surface area contributed by atoms with E-state index in [9.17, 15) is 4.79 Å². The molecule has 114 valence electrons. The highest BCUT2D eigenvalue weighted by Crippen LogP contribution is 2.24. The lowest BCUT2D eigenvalue weighted by Gasteiger charge is -2.19. The number of benzene rings is 1. The molecule has 0 aromatic heterocycles. The molecule has 4 heteroatoms. The number of ketones is 1. The summed E-state index contributed by atoms with van der Waals surface area (Å²) >= 11 is 0. The SMILES string of the molecule is CCC(NCC1CCCO1)C(=O)c1ccc2c(c1)CCN2. The Morgan fingerprint density at radius 1 is 1.52 bits per heavy atom. The van der Waals surface area contributed by atoms with Crippen LogP contribution in [0.4, 0.5) is 5.69 Å². The van der Waals surface area contributed by atoms with Gasteiger partial charge < -0.3 is 15.4 Å². The van der Waals surface area contributed by atoms with E-state index in [-0.39, 0.29) is 17.9 Å². The molecule has 3 rings (SSSR count). The maximum Gasteiger partial charge on any atom is 0.179 e. The molecular weight excluding hydrogens is 264 g/mol. The summed E-state index contributed by atoms with van der Waals surface area (Å²) in [4.78, 5) is 12.7. The summed E-state index contributed by atoms with van der Waals surface area (Å²) in [6, 6.07) is 5.91. The van der Waals surface area contributed by atoms with Crippen molar-refractivity contribution in [2.24, 2.45) is 0 Å². The molecule has 1 aromatic carbocycles. The van der Waals surface area contributed by atoms with Gasteiger partial charge in [-0.2, -0.15) is 0 Å². The third-order valence-corrected chi connectivity index (χ3v) is 4.44. The van der Waals surface area contributed by atoms with Gasteiger partial charge in [0.05, 0.1) is 12.1 Å². The van der Waals surface area contributed by atoms with Crippen LogP contribution in [0.25, 0.3) is 0 Å². The highest BCUT2D eigenvalue weighted by Gasteiger charge is 2.22. The largest absolute Gasteiger partial charge is 0.384 e. The zero-order valence-electron chi connectivity index (χ0n) is 12.7. The number of carbonyl (C=O) groups excluding carboxylic acids is 1. The van der Waals surface area contributed by atoms with Crippen LogP contribution in [0, 0.1) is 0 Å². The van der Waals surface area contributed by atoms with Crippen LogP contribution in [0.15, 0.2) is 18.2 Å². The monoisotopic (exact) mass is 288 g/mol. The Morgan fingerprint density at radius 2 is 2.43 bits per heavy atom. The quantitative estimate of drug-likeness (QED) is 0.789. The molecule has 2 heterocycles. The second-order valence-electron chi connectivity index (χ2n) is 5.92. The van der Waals surface area contributed by atoms with Crippen LogP contribution in [0.1, 0.15) is 42.1 Å². The van der Waals surface area contributed by atoms with E-state index < -0.39 is 0 Å². The fourth-order valence-corrected chi connectivity index (χ4v) is 3.16. The fourth-order valence-electron chi connectivity index (χ4n) is 3.16. The summed E-state index contributed by atoms with van der Waals surface area (Å²) < 4.78 is 5.61. The molecular formula is C17H24N2O2. The van der Waals surface area contributed by atoms with Crippen LogP contribution >= 0.6 is 0 Å². The lowest BCUT2D eigenvalue weighted by Crippen LogP contribution is -2.40. The summed E-state index contributed by atoms with van der Waals surface area (Å²) in [5.74, 6) is 0.199. The highest BCUT2D eigenvalue weighted by molar-refractivity contribution is 6.00. The molecule has 0 amide bonds. The van der Waals surface area contributed by atoms with Crippen molar-refractivity contribution in [2.45, 2.75) is 44.8 Å². The first kappa shape index (κ1) is 14.5. The number of rotatable bonds is 6. The second kappa shape index (κ2) is 6.58. The molecule has 2 N–H and O–H groups in total. The molecule has 1 aromatic rings. The molecule has 1 fully saturated rings. The van der Waals surface area contributed by atoms with Gasteiger partial charge in [0, 0.05) is 30.9 Å². The molecule has 0 spiro atoms. The Hall–Kier alpha value is -1.39. The number of fused-ring (bicyclic) bond motifs is 1. The van der Waals surface area contributed by atoms with E-state index in [1.54, 1.807) is 0 Å². The van der Waals surface area contributed by atoms with E-state index in [1.807, 2.05) is 18.2 Å². The molecule has 2 atom stereocenters. The Morgan fingerprint density at radius 3 is 3.19 bits per heavy atom. The van der Waals surface area contributed by atoms with Crippen LogP contribution in [-0.2, 0) is 11.2 Å². The molecule has 2 aliphatic rings. The van der Waals surface area contributed by atoms with Gasteiger partial charge in [-0.1, -0.05) is 6.92 Å². The van der Waals surface area contributed by atoms with Crippen LogP contribution in [0.2, 0.25) is 0 Å². The molecule has 21 heavy (non-hydrogen) atoms. The minimum absolute atomic E-state index is 0.110. The van der Waals surface area contributed by atoms with Gasteiger partial charge in [0.2, 0.25) is 0 Å². The van der Waals surface area contributed by atoms with Crippen molar-refractivity contribution >= 4 is 11.5 Å². The Bertz CT molecular complexity index is 510.